The number of hydrogen-bond donors (Lipinski definition) is 1. The number of aliphatic carboxylic acids is 1. The number of rotatable bonds is 4. The number of carboxylic acids is 1. The van der Waals surface area contributed by atoms with E-state index in [1.165, 1.54) is 0 Å². The van der Waals surface area contributed by atoms with E-state index in [1.807, 2.05) is 13.8 Å². The van der Waals surface area contributed by atoms with Gasteiger partial charge in [0, 0.05) is 6.42 Å². The molecule has 1 N–H and O–H groups in total. The zero-order chi connectivity index (χ0) is 7.28. The molecule has 0 unspecified atom stereocenters. The van der Waals surface area contributed by atoms with E-state index in [2.05, 4.69) is 0 Å². The summed E-state index contributed by atoms with van der Waals surface area (Å²) in [4.78, 5) is 10.1. The van der Waals surface area contributed by atoms with Crippen LogP contribution in [0.1, 0.15) is 40.5 Å². The Morgan fingerprint density at radius 2 is 1.80 bits per heavy atom. The molecule has 0 radical (unpaired) electrons. The van der Waals surface area contributed by atoms with Gasteiger partial charge in [-0.15, -0.1) is 0 Å². The van der Waals surface area contributed by atoms with Crippen LogP contribution in [0.25, 0.3) is 0 Å². The number of hydrogen-bond acceptors (Lipinski definition) is 1. The van der Waals surface area contributed by atoms with Crippen LogP contribution < -0.4 is 0 Å². The molecule has 0 aliphatic carbocycles. The van der Waals surface area contributed by atoms with E-state index in [0.29, 0.717) is 12.3 Å². The van der Waals surface area contributed by atoms with E-state index in [0.717, 1.165) is 12.8 Å². The van der Waals surface area contributed by atoms with Gasteiger partial charge in [-0.2, -0.15) is 0 Å². The van der Waals surface area contributed by atoms with E-state index >= 15 is 0 Å². The average Bonchev–Trinajstić information content (AvgIpc) is 1.82. The highest BCUT2D eigenvalue weighted by Crippen LogP contribution is 2.11. The number of carbonyl (C=O) groups is 1. The largest absolute Gasteiger partial charge is 0.481 e. The summed E-state index contributed by atoms with van der Waals surface area (Å²) in [5, 5.41) is 8.35. The van der Waals surface area contributed by atoms with Crippen LogP contribution in [0.3, 0.4) is 0 Å². The summed E-state index contributed by atoms with van der Waals surface area (Å²) in [5.74, 6) is -0.300. The van der Waals surface area contributed by atoms with Crippen LogP contribution in [0, 0.1) is 5.92 Å². The molecular formula is C8H18O2. The van der Waals surface area contributed by atoms with E-state index in [-0.39, 0.29) is 7.43 Å². The lowest BCUT2D eigenvalue weighted by atomic mass is 10.00. The highest BCUT2D eigenvalue weighted by molar-refractivity contribution is 5.66. The zero-order valence-electron chi connectivity index (χ0n) is 6.05. The molecule has 0 saturated carbocycles. The van der Waals surface area contributed by atoms with Crippen molar-refractivity contribution in [2.75, 3.05) is 0 Å². The smallest absolute Gasteiger partial charge is 0.303 e. The van der Waals surface area contributed by atoms with Crippen molar-refractivity contribution in [3.63, 3.8) is 0 Å². The molecule has 62 valence electrons. The van der Waals surface area contributed by atoms with Crippen LogP contribution in [0.15, 0.2) is 0 Å². The predicted molar refractivity (Wildman–Crippen MR) is 43.1 cm³/mol. The Hall–Kier alpha value is -0.530. The molecule has 0 aromatic carbocycles. The Morgan fingerprint density at radius 3 is 1.90 bits per heavy atom. The molecule has 0 aromatic rings. The lowest BCUT2D eigenvalue weighted by molar-refractivity contribution is -0.138. The van der Waals surface area contributed by atoms with Crippen molar-refractivity contribution >= 4 is 5.97 Å². The third-order valence-electron chi connectivity index (χ3n) is 1.62. The monoisotopic (exact) mass is 146 g/mol. The first kappa shape index (κ1) is 12.2. The molecule has 0 saturated heterocycles. The van der Waals surface area contributed by atoms with Crippen LogP contribution in [-0.2, 0) is 4.79 Å². The highest BCUT2D eigenvalue weighted by atomic mass is 16.4. The fraction of sp³-hybridized carbons (Fsp3) is 0.875. The van der Waals surface area contributed by atoms with Gasteiger partial charge >= 0.3 is 5.97 Å². The normalized spacial score (nSPS) is 9.10. The lowest BCUT2D eigenvalue weighted by Gasteiger charge is -2.06. The van der Waals surface area contributed by atoms with Crippen molar-refractivity contribution in [1.82, 2.24) is 0 Å². The summed E-state index contributed by atoms with van der Waals surface area (Å²) < 4.78 is 0. The quantitative estimate of drug-likeness (QED) is 0.661. The second-order valence-electron chi connectivity index (χ2n) is 2.28. The standard InChI is InChI=1S/C7H14O2.CH4/c1-3-6(4-2)5-7(8)9;/h6H,3-5H2,1-2H3,(H,8,9);1H4. The van der Waals surface area contributed by atoms with Gasteiger partial charge in [-0.1, -0.05) is 34.1 Å². The fourth-order valence-corrected chi connectivity index (χ4v) is 0.824. The molecule has 0 heterocycles. The molecule has 0 atom stereocenters. The van der Waals surface area contributed by atoms with Gasteiger partial charge in [0.25, 0.3) is 0 Å². The first-order chi connectivity index (χ1) is 4.20. The minimum absolute atomic E-state index is 0. The van der Waals surface area contributed by atoms with Gasteiger partial charge in [-0.05, 0) is 5.92 Å². The Labute approximate surface area is 63.3 Å². The third kappa shape index (κ3) is 5.60. The van der Waals surface area contributed by atoms with Crippen LogP contribution in [0.5, 0.6) is 0 Å². The topological polar surface area (TPSA) is 37.3 Å². The summed E-state index contributed by atoms with van der Waals surface area (Å²) in [5.41, 5.74) is 0. The van der Waals surface area contributed by atoms with Gasteiger partial charge in [-0.25, -0.2) is 0 Å². The molecule has 0 fully saturated rings. The Balaban J connectivity index is 0. The Morgan fingerprint density at radius 1 is 1.40 bits per heavy atom. The van der Waals surface area contributed by atoms with Crippen molar-refractivity contribution in [2.45, 2.75) is 40.5 Å². The second-order valence-corrected chi connectivity index (χ2v) is 2.28. The lowest BCUT2D eigenvalue weighted by Crippen LogP contribution is -2.05. The van der Waals surface area contributed by atoms with E-state index in [1.54, 1.807) is 0 Å². The van der Waals surface area contributed by atoms with Crippen LogP contribution >= 0.6 is 0 Å². The van der Waals surface area contributed by atoms with Crippen molar-refractivity contribution in [1.29, 1.82) is 0 Å². The van der Waals surface area contributed by atoms with Gasteiger partial charge in [0.15, 0.2) is 0 Å². The molecule has 0 amide bonds. The molecule has 2 heteroatoms. The molecule has 0 aromatic heterocycles. The van der Waals surface area contributed by atoms with Gasteiger partial charge < -0.3 is 5.11 Å². The Bertz CT molecular complexity index is 85.3. The maximum Gasteiger partial charge on any atom is 0.303 e. The minimum Gasteiger partial charge on any atom is -0.481 e. The van der Waals surface area contributed by atoms with Gasteiger partial charge in [0.05, 0.1) is 0 Å². The van der Waals surface area contributed by atoms with Gasteiger partial charge in [0.1, 0.15) is 0 Å². The summed E-state index contributed by atoms with van der Waals surface area (Å²) in [6.07, 6.45) is 2.28. The summed E-state index contributed by atoms with van der Waals surface area (Å²) >= 11 is 0. The second kappa shape index (κ2) is 6.59. The van der Waals surface area contributed by atoms with Crippen molar-refractivity contribution in [3.05, 3.63) is 0 Å². The maximum absolute atomic E-state index is 10.1. The zero-order valence-corrected chi connectivity index (χ0v) is 6.05. The van der Waals surface area contributed by atoms with Crippen LogP contribution in [0.4, 0.5) is 0 Å². The van der Waals surface area contributed by atoms with Crippen molar-refractivity contribution in [2.24, 2.45) is 5.92 Å². The first-order valence-corrected chi connectivity index (χ1v) is 3.42. The first-order valence-electron chi connectivity index (χ1n) is 3.42. The third-order valence-corrected chi connectivity index (χ3v) is 1.62. The van der Waals surface area contributed by atoms with Crippen LogP contribution in [-0.4, -0.2) is 11.1 Å². The van der Waals surface area contributed by atoms with E-state index < -0.39 is 5.97 Å². The van der Waals surface area contributed by atoms with E-state index in [9.17, 15) is 4.79 Å². The van der Waals surface area contributed by atoms with Crippen molar-refractivity contribution < 1.29 is 9.90 Å². The highest BCUT2D eigenvalue weighted by Gasteiger charge is 2.07. The average molecular weight is 146 g/mol. The SMILES string of the molecule is C.CCC(CC)CC(=O)O. The van der Waals surface area contributed by atoms with Gasteiger partial charge in [0.2, 0.25) is 0 Å². The predicted octanol–water partition coefficient (Wildman–Crippen LogP) is 2.53. The molecule has 2 nitrogen and oxygen atoms in total. The maximum atomic E-state index is 10.1. The fourth-order valence-electron chi connectivity index (χ4n) is 0.824. The molecule has 10 heavy (non-hydrogen) atoms. The molecular weight excluding hydrogens is 128 g/mol. The van der Waals surface area contributed by atoms with Gasteiger partial charge in [-0.3, -0.25) is 4.79 Å². The summed E-state index contributed by atoms with van der Waals surface area (Å²) in [6.45, 7) is 4.05. The number of carboxylic acid groups (broad SMARTS) is 1. The van der Waals surface area contributed by atoms with Crippen LogP contribution in [0.2, 0.25) is 0 Å². The molecule has 0 aliphatic rings. The minimum atomic E-state index is -0.677. The molecule has 0 spiro atoms. The van der Waals surface area contributed by atoms with Crippen molar-refractivity contribution in [3.8, 4) is 0 Å². The van der Waals surface area contributed by atoms with E-state index in [4.69, 9.17) is 5.11 Å². The Kier molecular flexibility index (Phi) is 8.02. The summed E-state index contributed by atoms with van der Waals surface area (Å²) in [7, 11) is 0. The summed E-state index contributed by atoms with van der Waals surface area (Å²) in [6, 6.07) is 0. The molecule has 0 rings (SSSR count). The molecule has 0 bridgehead atoms. The molecule has 0 aliphatic heterocycles.